The van der Waals surface area contributed by atoms with Crippen LogP contribution in [0.2, 0.25) is 0 Å². The summed E-state index contributed by atoms with van der Waals surface area (Å²) in [6.07, 6.45) is -0.849. The van der Waals surface area contributed by atoms with Crippen LogP contribution in [0.5, 0.6) is 97.7 Å². The third kappa shape index (κ3) is 22.4. The largest absolute Gasteiger partial charge is 0.507 e. The molecule has 0 saturated heterocycles. The van der Waals surface area contributed by atoms with Crippen LogP contribution in [0.1, 0.15) is 61.3 Å². The highest BCUT2D eigenvalue weighted by atomic mass is 16.6. The first-order valence-electron chi connectivity index (χ1n) is 38.2. The summed E-state index contributed by atoms with van der Waals surface area (Å²) in [7, 11) is 11.4. The monoisotopic (exact) mass is 1670 g/mol. The summed E-state index contributed by atoms with van der Waals surface area (Å²) >= 11 is 0. The van der Waals surface area contributed by atoms with Crippen molar-refractivity contribution in [1.29, 1.82) is 0 Å². The minimum atomic E-state index is -0.952. The number of phenols is 7. The zero-order valence-corrected chi connectivity index (χ0v) is 69.6. The Balaban J connectivity index is 0.000000195. The molecule has 12 aromatic rings. The number of rotatable bonds is 31. The van der Waals surface area contributed by atoms with Crippen molar-refractivity contribution in [2.24, 2.45) is 11.8 Å². The number of hydrogen-bond donors (Lipinski definition) is 7. The molecule has 0 aliphatic carbocycles. The average Bonchev–Trinajstić information content (AvgIpc) is 0.790. The van der Waals surface area contributed by atoms with Crippen molar-refractivity contribution in [3.63, 3.8) is 0 Å². The Kier molecular flexibility index (Phi) is 30.3. The molecule has 0 bridgehead atoms. The van der Waals surface area contributed by atoms with Crippen LogP contribution in [0, 0.1) is 11.8 Å². The van der Waals surface area contributed by atoms with Gasteiger partial charge in [0.05, 0.1) is 115 Å². The smallest absolute Gasteiger partial charge is 0.346 e. The lowest BCUT2D eigenvalue weighted by molar-refractivity contribution is -0.148. The summed E-state index contributed by atoms with van der Waals surface area (Å²) in [5.74, 6) is 3.65. The first-order chi connectivity index (χ1) is 58.6. The van der Waals surface area contributed by atoms with Crippen LogP contribution in [0.15, 0.2) is 170 Å². The minimum Gasteiger partial charge on any atom is -0.507 e. The highest BCUT2D eigenvalue weighted by Gasteiger charge is 2.27. The standard InChI is InChI=1S/C33H33N3O12.C32H37N3O5.C25H23N3O6/c1-16(31(40)43-4)46-19-7-10-22(25(37)13-19)28-34-29(23-11-8-20(14-26(23)38)47-17(2)32(41)44-5)36-30(35-28)24-12-9-21(15-27(24)39)48-18(3)33(42)45-6;1-6-20(3)18-39-24-12-14-26(28(36)16-24)31-33-30(22-8-10-23(38-5)11-9-22)34-32(35-31)27-15-13-25(17-29(27)37)40-19-21(4)7-2;1-31-14-5-8-17(20(29)11-14)23-26-24(18-9-6-15(32-2)12-21(18)30)28-25(27-23)19-10-7-16(33-3)13-22(19)34-4/h7-18,37-39H,1-6H3;8-17,20-21,36-37H,6-7,18-19H2,1-5H3;5-13,29-30H,1-4H3. The highest BCUT2D eigenvalue weighted by Crippen LogP contribution is 2.43. The van der Waals surface area contributed by atoms with E-state index in [1.54, 1.807) is 93.1 Å². The summed E-state index contributed by atoms with van der Waals surface area (Å²) in [5, 5.41) is 75.9. The number of phenolic OH excluding ortho intramolecular Hbond substituents is 7. The molecule has 0 spiro atoms. The van der Waals surface area contributed by atoms with Gasteiger partial charge in [-0.05, 0) is 154 Å². The van der Waals surface area contributed by atoms with E-state index in [1.165, 1.54) is 130 Å². The Bertz CT molecular complexity index is 5310. The van der Waals surface area contributed by atoms with E-state index in [0.29, 0.717) is 98.9 Å². The molecule has 3 aromatic heterocycles. The Labute approximate surface area is 702 Å². The van der Waals surface area contributed by atoms with Crippen molar-refractivity contribution in [2.45, 2.75) is 79.6 Å². The van der Waals surface area contributed by atoms with E-state index in [9.17, 15) is 50.1 Å². The number of nitrogens with zero attached hydrogens (tertiary/aromatic N) is 9. The summed E-state index contributed by atoms with van der Waals surface area (Å²) < 4.78 is 68.8. The molecular weight excluding hydrogens is 1580 g/mol. The first-order valence-corrected chi connectivity index (χ1v) is 38.2. The lowest BCUT2D eigenvalue weighted by atomic mass is 10.1. The molecule has 9 aromatic carbocycles. The van der Waals surface area contributed by atoms with E-state index in [4.69, 9.17) is 47.4 Å². The zero-order chi connectivity index (χ0) is 88.0. The molecule has 0 aliphatic heterocycles. The van der Waals surface area contributed by atoms with Gasteiger partial charge in [0.15, 0.2) is 70.7 Å². The molecule has 5 unspecified atom stereocenters. The van der Waals surface area contributed by atoms with Crippen LogP contribution in [0.3, 0.4) is 0 Å². The van der Waals surface area contributed by atoms with Crippen molar-refractivity contribution in [1.82, 2.24) is 44.9 Å². The summed E-state index contributed by atoms with van der Waals surface area (Å²) in [5.41, 5.74) is 3.24. The highest BCUT2D eigenvalue weighted by molar-refractivity contribution is 5.80. The van der Waals surface area contributed by atoms with Crippen LogP contribution in [-0.2, 0) is 28.6 Å². The van der Waals surface area contributed by atoms with Crippen molar-refractivity contribution in [2.75, 3.05) is 70.1 Å². The normalized spacial score (nSPS) is 12.0. The van der Waals surface area contributed by atoms with Gasteiger partial charge in [-0.2, -0.15) is 0 Å². The predicted octanol–water partition coefficient (Wildman–Crippen LogP) is 15.3. The van der Waals surface area contributed by atoms with E-state index in [1.807, 2.05) is 24.3 Å². The maximum atomic E-state index is 11.8. The Morgan fingerprint density at radius 1 is 0.270 bits per heavy atom. The molecular formula is C90H93N9O23. The average molecular weight is 1670 g/mol. The van der Waals surface area contributed by atoms with Crippen LogP contribution in [0.25, 0.3) is 102 Å². The van der Waals surface area contributed by atoms with Crippen molar-refractivity contribution in [3.8, 4) is 200 Å². The first kappa shape index (κ1) is 89.4. The Hall–Kier alpha value is -15.0. The second kappa shape index (κ2) is 41.4. The Morgan fingerprint density at radius 2 is 0.492 bits per heavy atom. The van der Waals surface area contributed by atoms with Gasteiger partial charge >= 0.3 is 17.9 Å². The number of carbonyl (C=O) groups excluding carboxylic acids is 3. The second-order valence-electron chi connectivity index (χ2n) is 27.4. The second-order valence-corrected chi connectivity index (χ2v) is 27.4. The molecule has 122 heavy (non-hydrogen) atoms. The number of carbonyl (C=O) groups is 3. The maximum Gasteiger partial charge on any atom is 0.346 e. The minimum absolute atomic E-state index is 0.0162. The fourth-order valence-electron chi connectivity index (χ4n) is 11.5. The number of esters is 3. The molecule has 0 fully saturated rings. The molecule has 7 N–H and O–H groups in total. The van der Waals surface area contributed by atoms with Crippen LogP contribution in [-0.4, -0.2) is 187 Å². The molecule has 32 nitrogen and oxygen atoms in total. The van der Waals surface area contributed by atoms with Gasteiger partial charge in [-0.3, -0.25) is 0 Å². The van der Waals surface area contributed by atoms with Gasteiger partial charge in [0, 0.05) is 54.1 Å². The number of aromatic hydroxyl groups is 7. The lowest BCUT2D eigenvalue weighted by Crippen LogP contribution is -2.24. The van der Waals surface area contributed by atoms with E-state index in [2.05, 4.69) is 86.8 Å². The fourth-order valence-corrected chi connectivity index (χ4v) is 11.5. The topological polar surface area (TPSA) is 429 Å². The van der Waals surface area contributed by atoms with Gasteiger partial charge in [-0.1, -0.05) is 40.5 Å². The van der Waals surface area contributed by atoms with Gasteiger partial charge in [-0.15, -0.1) is 0 Å². The van der Waals surface area contributed by atoms with Crippen molar-refractivity contribution < 1.29 is 112 Å². The molecule has 32 heteroatoms. The van der Waals surface area contributed by atoms with Gasteiger partial charge in [-0.25, -0.2) is 59.2 Å². The predicted molar refractivity (Wildman–Crippen MR) is 449 cm³/mol. The molecule has 3 heterocycles. The number of benzene rings is 9. The number of methoxy groups -OCH3 is 8. The lowest BCUT2D eigenvalue weighted by Gasteiger charge is -2.15. The SMILES string of the molecule is CCC(C)COc1ccc(-c2nc(-c3ccc(OC)cc3)nc(-c3ccc(OCC(C)CC)cc3O)n2)c(O)c1.COC(=O)C(C)Oc1ccc(-c2nc(-c3ccc(OC(C)C(=O)OC)cc3O)nc(-c3ccc(OC(C)C(=O)OC)cc3O)n2)c(O)c1.COc1ccc(-c2nc(-c3ccc(OC)cc3O)nc(-c3ccc(OC)cc3OC)n2)c(O)c1. The molecule has 0 saturated carbocycles. The van der Waals surface area contributed by atoms with Crippen LogP contribution < -0.4 is 47.4 Å². The van der Waals surface area contributed by atoms with E-state index in [-0.39, 0.29) is 121 Å². The fraction of sp³-hybridized carbons (Fsp3) is 0.267. The van der Waals surface area contributed by atoms with E-state index < -0.39 is 36.2 Å². The molecule has 12 rings (SSSR count). The summed E-state index contributed by atoms with van der Waals surface area (Å²) in [4.78, 5) is 76.5. The van der Waals surface area contributed by atoms with Gasteiger partial charge in [0.25, 0.3) is 0 Å². The zero-order valence-electron chi connectivity index (χ0n) is 69.6. The summed E-state index contributed by atoms with van der Waals surface area (Å²) in [6.45, 7) is 14.0. The maximum absolute atomic E-state index is 11.8. The third-order valence-electron chi connectivity index (χ3n) is 18.8. The molecule has 0 amide bonds. The number of hydrogen-bond acceptors (Lipinski definition) is 32. The quantitative estimate of drug-likeness (QED) is 0.0157. The molecule has 0 radical (unpaired) electrons. The van der Waals surface area contributed by atoms with Crippen molar-refractivity contribution >= 4 is 17.9 Å². The van der Waals surface area contributed by atoms with Crippen molar-refractivity contribution in [3.05, 3.63) is 170 Å². The van der Waals surface area contributed by atoms with E-state index >= 15 is 0 Å². The molecule has 636 valence electrons. The number of aromatic nitrogens is 9. The van der Waals surface area contributed by atoms with E-state index in [0.717, 1.165) is 18.4 Å². The van der Waals surface area contributed by atoms with Gasteiger partial charge in [0.1, 0.15) is 97.7 Å². The van der Waals surface area contributed by atoms with Gasteiger partial charge < -0.3 is 97.3 Å². The van der Waals surface area contributed by atoms with Crippen LogP contribution >= 0.6 is 0 Å². The molecule has 0 aliphatic rings. The third-order valence-corrected chi connectivity index (χ3v) is 18.8. The molecule has 5 atom stereocenters. The Morgan fingerprint density at radius 3 is 0.746 bits per heavy atom. The number of ether oxygens (including phenoxy) is 13. The van der Waals surface area contributed by atoms with Crippen LogP contribution in [0.4, 0.5) is 0 Å². The van der Waals surface area contributed by atoms with Gasteiger partial charge in [0.2, 0.25) is 0 Å². The summed E-state index contributed by atoms with van der Waals surface area (Å²) in [6, 6.07) is 44.9.